The molecule has 29 heavy (non-hydrogen) atoms. The van der Waals surface area contributed by atoms with Crippen LogP contribution in [-0.4, -0.2) is 55.2 Å². The number of hydrogen-bond acceptors (Lipinski definition) is 6. The average molecular weight is 417 g/mol. The molecule has 0 bridgehead atoms. The van der Waals surface area contributed by atoms with Crippen LogP contribution in [0.1, 0.15) is 36.7 Å². The summed E-state index contributed by atoms with van der Waals surface area (Å²) in [5.41, 5.74) is 2.27. The molecule has 0 saturated carbocycles. The minimum atomic E-state index is -0.410. The summed E-state index contributed by atoms with van der Waals surface area (Å²) in [6, 6.07) is 9.85. The lowest BCUT2D eigenvalue weighted by Crippen LogP contribution is -2.48. The second kappa shape index (κ2) is 9.52. The molecule has 7 heteroatoms. The van der Waals surface area contributed by atoms with Crippen LogP contribution < -0.4 is 5.32 Å². The third-order valence-electron chi connectivity index (χ3n) is 4.78. The zero-order chi connectivity index (χ0) is 21.0. The fourth-order valence-corrected chi connectivity index (χ4v) is 4.91. The van der Waals surface area contributed by atoms with E-state index >= 15 is 0 Å². The Labute approximate surface area is 175 Å². The topological polar surface area (TPSA) is 67.9 Å². The first-order valence-corrected chi connectivity index (χ1v) is 10.7. The first-order chi connectivity index (χ1) is 13.9. The third kappa shape index (κ3) is 5.23. The summed E-state index contributed by atoms with van der Waals surface area (Å²) >= 11 is 1.41. The Bertz CT molecular complexity index is 855. The lowest BCUT2D eigenvalue weighted by atomic mass is 10.1. The van der Waals surface area contributed by atoms with Crippen LogP contribution in [0.3, 0.4) is 0 Å². The molecule has 1 aromatic carbocycles. The quantitative estimate of drug-likeness (QED) is 0.723. The van der Waals surface area contributed by atoms with Gasteiger partial charge in [-0.05, 0) is 38.8 Å². The molecule has 1 N–H and O–H groups in total. The Kier molecular flexibility index (Phi) is 7.05. The number of nitrogens with zero attached hydrogens (tertiary/aromatic N) is 1. The van der Waals surface area contributed by atoms with E-state index in [-0.39, 0.29) is 31.3 Å². The van der Waals surface area contributed by atoms with Gasteiger partial charge in [-0.1, -0.05) is 30.3 Å². The largest absolute Gasteiger partial charge is 0.462 e. The summed E-state index contributed by atoms with van der Waals surface area (Å²) in [5.74, 6) is -0.551. The molecule has 0 spiro atoms. The van der Waals surface area contributed by atoms with E-state index in [2.05, 4.69) is 10.2 Å². The molecular weight excluding hydrogens is 388 g/mol. The van der Waals surface area contributed by atoms with Gasteiger partial charge in [0.15, 0.2) is 0 Å². The highest BCUT2D eigenvalue weighted by atomic mass is 32.1. The number of rotatable bonds is 6. The SMILES string of the molecule is CCOC(=O)c1c(NC(=O)CN2C[C@H](C)O[C@@H](C)C2)sc(-c2ccccc2)c1C. The summed E-state index contributed by atoms with van der Waals surface area (Å²) in [5, 5.41) is 3.49. The van der Waals surface area contributed by atoms with E-state index in [1.54, 1.807) is 6.92 Å². The van der Waals surface area contributed by atoms with Gasteiger partial charge in [-0.2, -0.15) is 0 Å². The van der Waals surface area contributed by atoms with Gasteiger partial charge >= 0.3 is 5.97 Å². The number of carbonyl (C=O) groups is 2. The predicted molar refractivity (Wildman–Crippen MR) is 116 cm³/mol. The number of thiophene rings is 1. The molecule has 1 aliphatic heterocycles. The van der Waals surface area contributed by atoms with Gasteiger partial charge in [0.1, 0.15) is 5.00 Å². The van der Waals surface area contributed by atoms with Crippen LogP contribution in [-0.2, 0) is 14.3 Å². The van der Waals surface area contributed by atoms with Crippen molar-refractivity contribution >= 4 is 28.2 Å². The first kappa shape index (κ1) is 21.5. The summed E-state index contributed by atoms with van der Waals surface area (Å²) in [7, 11) is 0. The molecule has 0 aliphatic carbocycles. The normalized spacial score (nSPS) is 19.7. The van der Waals surface area contributed by atoms with Crippen molar-refractivity contribution in [2.45, 2.75) is 39.9 Å². The minimum Gasteiger partial charge on any atom is -0.462 e. The Morgan fingerprint density at radius 1 is 1.21 bits per heavy atom. The van der Waals surface area contributed by atoms with Crippen LogP contribution in [0.15, 0.2) is 30.3 Å². The van der Waals surface area contributed by atoms with Crippen molar-refractivity contribution < 1.29 is 19.1 Å². The standard InChI is InChI=1S/C22H28N2O4S/c1-5-27-22(26)19-16(4)20(17-9-7-6-8-10-17)29-21(19)23-18(25)13-24-11-14(2)28-15(3)12-24/h6-10,14-15H,5,11-13H2,1-4H3,(H,23,25)/t14-,15-/m0/s1. The van der Waals surface area contributed by atoms with Crippen molar-refractivity contribution in [1.82, 2.24) is 4.90 Å². The third-order valence-corrected chi connectivity index (χ3v) is 6.03. The van der Waals surface area contributed by atoms with Crippen LogP contribution in [0.4, 0.5) is 5.00 Å². The number of hydrogen-bond donors (Lipinski definition) is 1. The van der Waals surface area contributed by atoms with E-state index in [1.165, 1.54) is 11.3 Å². The predicted octanol–water partition coefficient (Wildman–Crippen LogP) is 3.95. The summed E-state index contributed by atoms with van der Waals surface area (Å²) < 4.78 is 11.0. The Morgan fingerprint density at radius 3 is 2.48 bits per heavy atom. The van der Waals surface area contributed by atoms with E-state index < -0.39 is 5.97 Å². The van der Waals surface area contributed by atoms with Crippen LogP contribution in [0.5, 0.6) is 0 Å². The molecule has 1 amide bonds. The number of morpholine rings is 1. The van der Waals surface area contributed by atoms with Crippen LogP contribution in [0.25, 0.3) is 10.4 Å². The number of amides is 1. The highest BCUT2D eigenvalue weighted by Crippen LogP contribution is 2.40. The maximum atomic E-state index is 12.7. The van der Waals surface area contributed by atoms with Crippen LogP contribution in [0, 0.1) is 6.92 Å². The molecule has 156 valence electrons. The van der Waals surface area contributed by atoms with E-state index in [0.29, 0.717) is 23.7 Å². The summed E-state index contributed by atoms with van der Waals surface area (Å²) in [4.78, 5) is 28.4. The molecule has 1 aromatic heterocycles. The highest BCUT2D eigenvalue weighted by molar-refractivity contribution is 7.20. The number of carbonyl (C=O) groups excluding carboxylic acids is 2. The van der Waals surface area contributed by atoms with E-state index in [4.69, 9.17) is 9.47 Å². The fourth-order valence-electron chi connectivity index (χ4n) is 3.70. The number of anilines is 1. The molecule has 2 heterocycles. The van der Waals surface area contributed by atoms with E-state index in [0.717, 1.165) is 16.0 Å². The smallest absolute Gasteiger partial charge is 0.341 e. The molecular formula is C22H28N2O4S. The lowest BCUT2D eigenvalue weighted by Gasteiger charge is -2.34. The molecule has 3 rings (SSSR count). The molecule has 1 aliphatic rings. The minimum absolute atomic E-state index is 0.0929. The maximum absolute atomic E-state index is 12.7. The van der Waals surface area contributed by atoms with Gasteiger partial charge in [-0.3, -0.25) is 9.69 Å². The number of ether oxygens (including phenoxy) is 2. The fraction of sp³-hybridized carbons (Fsp3) is 0.455. The van der Waals surface area contributed by atoms with Crippen molar-refractivity contribution in [3.05, 3.63) is 41.5 Å². The Hall–Kier alpha value is -2.22. The van der Waals surface area contributed by atoms with Gasteiger partial charge < -0.3 is 14.8 Å². The van der Waals surface area contributed by atoms with Crippen molar-refractivity contribution in [3.8, 4) is 10.4 Å². The van der Waals surface area contributed by atoms with Gasteiger partial charge in [-0.25, -0.2) is 4.79 Å². The first-order valence-electron chi connectivity index (χ1n) is 9.92. The van der Waals surface area contributed by atoms with Crippen molar-refractivity contribution in [2.24, 2.45) is 0 Å². The molecule has 1 fully saturated rings. The second-order valence-electron chi connectivity index (χ2n) is 7.35. The Balaban J connectivity index is 1.83. The maximum Gasteiger partial charge on any atom is 0.341 e. The van der Waals surface area contributed by atoms with Crippen LogP contribution >= 0.6 is 11.3 Å². The summed E-state index contributed by atoms with van der Waals surface area (Å²) in [6.45, 7) is 9.65. The monoisotopic (exact) mass is 416 g/mol. The van der Waals surface area contributed by atoms with Gasteiger partial charge in [0.2, 0.25) is 5.91 Å². The van der Waals surface area contributed by atoms with Gasteiger partial charge in [0.25, 0.3) is 0 Å². The molecule has 2 atom stereocenters. The zero-order valence-corrected chi connectivity index (χ0v) is 18.2. The summed E-state index contributed by atoms with van der Waals surface area (Å²) in [6.07, 6.45) is 0.186. The molecule has 0 unspecified atom stereocenters. The molecule has 0 radical (unpaired) electrons. The second-order valence-corrected chi connectivity index (χ2v) is 8.37. The van der Waals surface area contributed by atoms with Crippen molar-refractivity contribution in [1.29, 1.82) is 0 Å². The molecule has 1 saturated heterocycles. The van der Waals surface area contributed by atoms with Gasteiger partial charge in [0, 0.05) is 18.0 Å². The molecule has 2 aromatic rings. The number of nitrogens with one attached hydrogen (secondary N) is 1. The zero-order valence-electron chi connectivity index (χ0n) is 17.4. The van der Waals surface area contributed by atoms with Crippen molar-refractivity contribution in [3.63, 3.8) is 0 Å². The van der Waals surface area contributed by atoms with Crippen LogP contribution in [0.2, 0.25) is 0 Å². The highest BCUT2D eigenvalue weighted by Gasteiger charge is 2.27. The molecule has 6 nitrogen and oxygen atoms in total. The Morgan fingerprint density at radius 2 is 1.86 bits per heavy atom. The van der Waals surface area contributed by atoms with Gasteiger partial charge in [-0.15, -0.1) is 11.3 Å². The number of esters is 1. The average Bonchev–Trinajstić information content (AvgIpc) is 2.97. The van der Waals surface area contributed by atoms with E-state index in [9.17, 15) is 9.59 Å². The van der Waals surface area contributed by atoms with E-state index in [1.807, 2.05) is 51.1 Å². The number of benzene rings is 1. The van der Waals surface area contributed by atoms with Gasteiger partial charge in [0.05, 0.1) is 30.9 Å². The lowest BCUT2D eigenvalue weighted by molar-refractivity contribution is -0.121. The van der Waals surface area contributed by atoms with Crippen molar-refractivity contribution in [2.75, 3.05) is 31.6 Å².